The lowest BCUT2D eigenvalue weighted by Crippen LogP contribution is -2.59. The lowest BCUT2D eigenvalue weighted by Gasteiger charge is -2.42. The Morgan fingerprint density at radius 3 is 3.27 bits per heavy atom. The van der Waals surface area contributed by atoms with Crippen molar-refractivity contribution in [1.82, 2.24) is 10.2 Å². The van der Waals surface area contributed by atoms with Gasteiger partial charge >= 0.3 is 0 Å². The third kappa shape index (κ3) is 1.55. The van der Waals surface area contributed by atoms with E-state index in [0.717, 1.165) is 12.1 Å². The average molecular weight is 172 g/mol. The number of hydrogen-bond acceptors (Lipinski definition) is 3. The molecule has 2 atom stereocenters. The fraction of sp³-hybridized carbons (Fsp3) is 1.00. The van der Waals surface area contributed by atoms with Gasteiger partial charge in [-0.2, -0.15) is 11.8 Å². The van der Waals surface area contributed by atoms with Crippen LogP contribution in [0, 0.1) is 0 Å². The molecule has 2 rings (SSSR count). The highest BCUT2D eigenvalue weighted by molar-refractivity contribution is 7.99. The molecular weight excluding hydrogens is 156 g/mol. The quantitative estimate of drug-likeness (QED) is 0.569. The molecule has 0 saturated carbocycles. The fourth-order valence-corrected chi connectivity index (χ4v) is 3.30. The summed E-state index contributed by atoms with van der Waals surface area (Å²) in [6.07, 6.45) is 1.36. The first-order valence-corrected chi connectivity index (χ1v) is 5.55. The van der Waals surface area contributed by atoms with Crippen LogP contribution in [0.5, 0.6) is 0 Å². The van der Waals surface area contributed by atoms with Crippen LogP contribution in [0.25, 0.3) is 0 Å². The monoisotopic (exact) mass is 172 g/mol. The Hall–Kier alpha value is 0.270. The maximum absolute atomic E-state index is 3.60. The van der Waals surface area contributed by atoms with Gasteiger partial charge in [-0.25, -0.2) is 0 Å². The van der Waals surface area contributed by atoms with Crippen LogP contribution in [-0.4, -0.2) is 48.6 Å². The van der Waals surface area contributed by atoms with E-state index in [-0.39, 0.29) is 0 Å². The molecule has 0 radical (unpaired) electrons. The minimum atomic E-state index is 0.787. The second kappa shape index (κ2) is 3.33. The van der Waals surface area contributed by atoms with E-state index in [1.165, 1.54) is 31.0 Å². The summed E-state index contributed by atoms with van der Waals surface area (Å²) < 4.78 is 0. The maximum Gasteiger partial charge on any atom is 0.0337 e. The lowest BCUT2D eigenvalue weighted by molar-refractivity contribution is 0.162. The topological polar surface area (TPSA) is 15.3 Å². The van der Waals surface area contributed by atoms with Crippen molar-refractivity contribution in [2.75, 3.05) is 31.6 Å². The van der Waals surface area contributed by atoms with Crippen molar-refractivity contribution in [3.63, 3.8) is 0 Å². The number of thioether (sulfide) groups is 1. The van der Waals surface area contributed by atoms with Crippen LogP contribution >= 0.6 is 11.8 Å². The molecule has 2 unspecified atom stereocenters. The Balaban J connectivity index is 1.99. The molecule has 0 aromatic carbocycles. The second-order valence-electron chi connectivity index (χ2n) is 3.47. The highest BCUT2D eigenvalue weighted by Crippen LogP contribution is 2.22. The van der Waals surface area contributed by atoms with Gasteiger partial charge in [-0.1, -0.05) is 0 Å². The lowest BCUT2D eigenvalue weighted by atomic mass is 10.0. The molecule has 11 heavy (non-hydrogen) atoms. The van der Waals surface area contributed by atoms with E-state index in [2.05, 4.69) is 29.0 Å². The summed E-state index contributed by atoms with van der Waals surface area (Å²) in [4.78, 5) is 2.51. The molecule has 2 saturated heterocycles. The minimum absolute atomic E-state index is 0.787. The van der Waals surface area contributed by atoms with E-state index < -0.39 is 0 Å². The highest BCUT2D eigenvalue weighted by Gasteiger charge is 2.30. The van der Waals surface area contributed by atoms with E-state index in [1.54, 1.807) is 0 Å². The summed E-state index contributed by atoms with van der Waals surface area (Å²) in [5.41, 5.74) is 0. The van der Waals surface area contributed by atoms with Crippen LogP contribution in [0.15, 0.2) is 0 Å². The predicted molar refractivity (Wildman–Crippen MR) is 50.2 cm³/mol. The molecule has 3 heteroatoms. The summed E-state index contributed by atoms with van der Waals surface area (Å²) in [7, 11) is 2.25. The van der Waals surface area contributed by atoms with Crippen molar-refractivity contribution in [3.05, 3.63) is 0 Å². The summed E-state index contributed by atoms with van der Waals surface area (Å²) >= 11 is 2.10. The first-order chi connectivity index (χ1) is 5.38. The molecule has 1 N–H and O–H groups in total. The smallest absolute Gasteiger partial charge is 0.0337 e. The molecule has 0 aromatic rings. The third-order valence-corrected chi connectivity index (χ3v) is 3.87. The Kier molecular flexibility index (Phi) is 2.39. The van der Waals surface area contributed by atoms with Gasteiger partial charge in [0, 0.05) is 30.9 Å². The van der Waals surface area contributed by atoms with Crippen molar-refractivity contribution in [3.8, 4) is 0 Å². The van der Waals surface area contributed by atoms with Gasteiger partial charge in [0.15, 0.2) is 0 Å². The van der Waals surface area contributed by atoms with Crippen LogP contribution in [-0.2, 0) is 0 Å². The molecule has 64 valence electrons. The molecule has 0 amide bonds. The summed E-state index contributed by atoms with van der Waals surface area (Å²) in [6.45, 7) is 2.41. The average Bonchev–Trinajstić information content (AvgIpc) is 2.06. The van der Waals surface area contributed by atoms with Crippen LogP contribution in [0.4, 0.5) is 0 Å². The van der Waals surface area contributed by atoms with Gasteiger partial charge in [0.1, 0.15) is 0 Å². The number of piperazine rings is 1. The maximum atomic E-state index is 3.60. The molecule has 0 aromatic heterocycles. The van der Waals surface area contributed by atoms with E-state index in [9.17, 15) is 0 Å². The van der Waals surface area contributed by atoms with Crippen molar-refractivity contribution < 1.29 is 0 Å². The SMILES string of the molecule is CN1CCNC2CCSCC21. The molecule has 2 aliphatic heterocycles. The molecule has 2 aliphatic rings. The standard InChI is InChI=1S/C8H16N2S/c1-10-4-3-9-7-2-5-11-6-8(7)10/h7-9H,2-6H2,1H3. The second-order valence-corrected chi connectivity index (χ2v) is 4.62. The number of likely N-dealkylation sites (N-methyl/N-ethyl adjacent to an activating group) is 1. The molecule has 2 nitrogen and oxygen atoms in total. The zero-order chi connectivity index (χ0) is 7.68. The molecule has 0 aliphatic carbocycles. The van der Waals surface area contributed by atoms with Crippen LogP contribution in [0.2, 0.25) is 0 Å². The van der Waals surface area contributed by atoms with Crippen molar-refractivity contribution in [2.24, 2.45) is 0 Å². The van der Waals surface area contributed by atoms with Crippen molar-refractivity contribution in [2.45, 2.75) is 18.5 Å². The van der Waals surface area contributed by atoms with Crippen LogP contribution in [0.3, 0.4) is 0 Å². The number of fused-ring (bicyclic) bond motifs is 1. The largest absolute Gasteiger partial charge is 0.311 e. The normalized spacial score (nSPS) is 40.1. The van der Waals surface area contributed by atoms with E-state index >= 15 is 0 Å². The van der Waals surface area contributed by atoms with Crippen LogP contribution < -0.4 is 5.32 Å². The number of rotatable bonds is 0. The van der Waals surface area contributed by atoms with Gasteiger partial charge in [0.25, 0.3) is 0 Å². The Labute approximate surface area is 72.7 Å². The minimum Gasteiger partial charge on any atom is -0.311 e. The van der Waals surface area contributed by atoms with Gasteiger partial charge in [0.2, 0.25) is 0 Å². The summed E-state index contributed by atoms with van der Waals surface area (Å²) in [5, 5.41) is 3.60. The van der Waals surface area contributed by atoms with E-state index in [1.807, 2.05) is 0 Å². The highest BCUT2D eigenvalue weighted by atomic mass is 32.2. The van der Waals surface area contributed by atoms with Gasteiger partial charge in [-0.15, -0.1) is 0 Å². The molecule has 2 fully saturated rings. The Morgan fingerprint density at radius 1 is 1.55 bits per heavy atom. The number of nitrogens with one attached hydrogen (secondary N) is 1. The van der Waals surface area contributed by atoms with Crippen molar-refractivity contribution in [1.29, 1.82) is 0 Å². The summed E-state index contributed by atoms with van der Waals surface area (Å²) in [5.74, 6) is 2.68. The number of nitrogens with zero attached hydrogens (tertiary/aromatic N) is 1. The molecular formula is C8H16N2S. The molecule has 2 heterocycles. The van der Waals surface area contributed by atoms with E-state index in [0.29, 0.717) is 0 Å². The predicted octanol–water partition coefficient (Wildman–Crippen LogP) is 0.395. The van der Waals surface area contributed by atoms with Gasteiger partial charge < -0.3 is 5.32 Å². The van der Waals surface area contributed by atoms with E-state index in [4.69, 9.17) is 0 Å². The zero-order valence-electron chi connectivity index (χ0n) is 7.05. The Bertz CT molecular complexity index is 138. The third-order valence-electron chi connectivity index (χ3n) is 2.76. The first-order valence-electron chi connectivity index (χ1n) is 4.39. The van der Waals surface area contributed by atoms with Gasteiger partial charge in [-0.05, 0) is 19.2 Å². The summed E-state index contributed by atoms with van der Waals surface area (Å²) in [6, 6.07) is 1.59. The fourth-order valence-electron chi connectivity index (χ4n) is 1.99. The zero-order valence-corrected chi connectivity index (χ0v) is 7.86. The molecule has 0 bridgehead atoms. The van der Waals surface area contributed by atoms with Crippen LogP contribution in [0.1, 0.15) is 6.42 Å². The first kappa shape index (κ1) is 7.90. The molecule has 0 spiro atoms. The van der Waals surface area contributed by atoms with Gasteiger partial charge in [0.05, 0.1) is 0 Å². The number of hydrogen-bond donors (Lipinski definition) is 1. The van der Waals surface area contributed by atoms with Gasteiger partial charge in [-0.3, -0.25) is 4.90 Å². The Morgan fingerprint density at radius 2 is 2.45 bits per heavy atom. The van der Waals surface area contributed by atoms with Crippen molar-refractivity contribution >= 4 is 11.8 Å².